The average Bonchev–Trinajstić information content (AvgIpc) is 3.09. The van der Waals surface area contributed by atoms with Crippen molar-refractivity contribution < 1.29 is 47.6 Å². The van der Waals surface area contributed by atoms with Crippen molar-refractivity contribution in [2.75, 3.05) is 39.5 Å². The molecule has 1 saturated carbocycles. The molecule has 3 rings (SSSR count). The second-order valence-corrected chi connectivity index (χ2v) is 10.6. The summed E-state index contributed by atoms with van der Waals surface area (Å²) in [7, 11) is 0. The highest BCUT2D eigenvalue weighted by atomic mass is 16.6. The van der Waals surface area contributed by atoms with Crippen molar-refractivity contribution in [1.82, 2.24) is 10.6 Å². The third-order valence-corrected chi connectivity index (χ3v) is 7.10. The van der Waals surface area contributed by atoms with Crippen LogP contribution in [-0.2, 0) is 28.5 Å². The Balaban J connectivity index is 1.36. The number of rotatable bonds is 18. The van der Waals surface area contributed by atoms with Crippen LogP contribution >= 0.6 is 0 Å². The van der Waals surface area contributed by atoms with Gasteiger partial charge in [-0.25, -0.2) is 19.2 Å². The summed E-state index contributed by atoms with van der Waals surface area (Å²) >= 11 is 0. The first-order valence-electron chi connectivity index (χ1n) is 15.2. The van der Waals surface area contributed by atoms with Gasteiger partial charge in [0.1, 0.15) is 37.9 Å². The fraction of sp³-hybridized carbons (Fsp3) is 0.412. The first-order chi connectivity index (χ1) is 22.3. The van der Waals surface area contributed by atoms with E-state index < -0.39 is 36.3 Å². The van der Waals surface area contributed by atoms with Gasteiger partial charge >= 0.3 is 24.1 Å². The molecule has 0 heterocycles. The molecule has 0 aliphatic heterocycles. The molecule has 0 bridgehead atoms. The lowest BCUT2D eigenvalue weighted by Gasteiger charge is -2.29. The van der Waals surface area contributed by atoms with Gasteiger partial charge in [0.05, 0.1) is 0 Å². The molecule has 1 aliphatic rings. The van der Waals surface area contributed by atoms with E-state index >= 15 is 0 Å². The number of para-hydroxylation sites is 2. The van der Waals surface area contributed by atoms with Crippen LogP contribution in [0.3, 0.4) is 0 Å². The Morgan fingerprint density at radius 3 is 1.35 bits per heavy atom. The number of carbonyl (C=O) groups excluding carboxylic acids is 4. The molecule has 2 aromatic rings. The molecule has 12 nitrogen and oxygen atoms in total. The standard InChI is InChI=1S/C34H42N2O10/c1-3-31(37)43-23-29(21-41-27-11-7-5-8-12-27)45-33(39)35-19-25-15-17-26(18-16-25)20-36-34(40)46-30(24-44-32(38)4-2)22-42-28-13-9-6-10-14-28/h3-14,25-26,29-30H,1-2,15-24H2,(H,35,39)(H,36,40). The summed E-state index contributed by atoms with van der Waals surface area (Å²) in [5.74, 6) is 0.423. The Morgan fingerprint density at radius 2 is 1.00 bits per heavy atom. The molecule has 12 heteroatoms. The Morgan fingerprint density at radius 1 is 0.630 bits per heavy atom. The van der Waals surface area contributed by atoms with Crippen LogP contribution in [0, 0.1) is 11.8 Å². The summed E-state index contributed by atoms with van der Waals surface area (Å²) in [5, 5.41) is 5.59. The number of hydrogen-bond acceptors (Lipinski definition) is 10. The molecule has 0 saturated heterocycles. The molecular weight excluding hydrogens is 596 g/mol. The fourth-order valence-electron chi connectivity index (χ4n) is 4.59. The SMILES string of the molecule is C=CC(=O)OCC(COc1ccccc1)OC(=O)NCC1CCC(CNC(=O)OC(COC(=O)C=C)COc2ccccc2)CC1. The number of esters is 2. The van der Waals surface area contributed by atoms with Gasteiger partial charge in [0.2, 0.25) is 0 Å². The Hall–Kier alpha value is -5.00. The van der Waals surface area contributed by atoms with Crippen molar-refractivity contribution >= 4 is 24.1 Å². The molecule has 2 amide bonds. The van der Waals surface area contributed by atoms with E-state index in [1.165, 1.54) is 0 Å². The zero-order chi connectivity index (χ0) is 33.0. The van der Waals surface area contributed by atoms with E-state index in [1.807, 2.05) is 36.4 Å². The fourth-order valence-corrected chi connectivity index (χ4v) is 4.59. The van der Waals surface area contributed by atoms with Gasteiger partial charge in [0.15, 0.2) is 12.2 Å². The van der Waals surface area contributed by atoms with Gasteiger partial charge in [-0.1, -0.05) is 49.6 Å². The molecular formula is C34H42N2O10. The number of nitrogens with one attached hydrogen (secondary N) is 2. The molecule has 46 heavy (non-hydrogen) atoms. The maximum Gasteiger partial charge on any atom is 0.407 e. The second kappa shape index (κ2) is 20.1. The molecule has 2 unspecified atom stereocenters. The number of hydrogen-bond donors (Lipinski definition) is 2. The van der Waals surface area contributed by atoms with Crippen molar-refractivity contribution in [3.63, 3.8) is 0 Å². The van der Waals surface area contributed by atoms with Crippen LogP contribution in [0.25, 0.3) is 0 Å². The maximum absolute atomic E-state index is 12.5. The van der Waals surface area contributed by atoms with Crippen molar-refractivity contribution in [1.29, 1.82) is 0 Å². The van der Waals surface area contributed by atoms with E-state index in [0.717, 1.165) is 37.8 Å². The van der Waals surface area contributed by atoms with Gasteiger partial charge in [-0.15, -0.1) is 0 Å². The van der Waals surface area contributed by atoms with Gasteiger partial charge in [-0.2, -0.15) is 0 Å². The van der Waals surface area contributed by atoms with Crippen molar-refractivity contribution in [3.8, 4) is 11.5 Å². The van der Waals surface area contributed by atoms with Gasteiger partial charge < -0.3 is 39.1 Å². The maximum atomic E-state index is 12.5. The summed E-state index contributed by atoms with van der Waals surface area (Å²) in [6.07, 6.45) is 2.58. The van der Waals surface area contributed by atoms with Gasteiger partial charge in [-0.05, 0) is 61.8 Å². The molecule has 1 fully saturated rings. The predicted octanol–water partition coefficient (Wildman–Crippen LogP) is 4.60. The number of amides is 2. The van der Waals surface area contributed by atoms with Crippen LogP contribution in [0.15, 0.2) is 86.0 Å². The quantitative estimate of drug-likeness (QED) is 0.135. The molecule has 248 valence electrons. The third kappa shape index (κ3) is 14.2. The second-order valence-electron chi connectivity index (χ2n) is 10.6. The molecule has 0 spiro atoms. The predicted molar refractivity (Wildman–Crippen MR) is 168 cm³/mol. The van der Waals surface area contributed by atoms with Crippen LogP contribution in [-0.4, -0.2) is 75.9 Å². The Labute approximate surface area is 269 Å². The minimum Gasteiger partial charge on any atom is -0.490 e. The smallest absolute Gasteiger partial charge is 0.407 e. The molecule has 2 atom stereocenters. The van der Waals surface area contributed by atoms with E-state index in [4.69, 9.17) is 28.4 Å². The van der Waals surface area contributed by atoms with E-state index in [9.17, 15) is 19.2 Å². The van der Waals surface area contributed by atoms with E-state index in [-0.39, 0.29) is 38.3 Å². The summed E-state index contributed by atoms with van der Waals surface area (Å²) in [6.45, 7) is 7.24. The van der Waals surface area contributed by atoms with Gasteiger partial charge in [0.25, 0.3) is 0 Å². The lowest BCUT2D eigenvalue weighted by Crippen LogP contribution is -2.39. The molecule has 2 N–H and O–H groups in total. The number of alkyl carbamates (subject to hydrolysis) is 2. The largest absolute Gasteiger partial charge is 0.490 e. The van der Waals surface area contributed by atoms with Crippen LogP contribution in [0.4, 0.5) is 9.59 Å². The monoisotopic (exact) mass is 638 g/mol. The summed E-state index contributed by atoms with van der Waals surface area (Å²) < 4.78 is 32.4. The van der Waals surface area contributed by atoms with Crippen LogP contribution in [0.5, 0.6) is 11.5 Å². The first-order valence-corrected chi connectivity index (χ1v) is 15.2. The molecule has 0 aromatic heterocycles. The van der Waals surface area contributed by atoms with Crippen LogP contribution < -0.4 is 20.1 Å². The van der Waals surface area contributed by atoms with E-state index in [2.05, 4.69) is 23.8 Å². The summed E-state index contributed by atoms with van der Waals surface area (Å²) in [5.41, 5.74) is 0. The van der Waals surface area contributed by atoms with Crippen LogP contribution in [0.2, 0.25) is 0 Å². The van der Waals surface area contributed by atoms with E-state index in [0.29, 0.717) is 24.6 Å². The molecule has 2 aromatic carbocycles. The highest BCUT2D eigenvalue weighted by Crippen LogP contribution is 2.28. The van der Waals surface area contributed by atoms with Crippen molar-refractivity contribution in [2.24, 2.45) is 11.8 Å². The van der Waals surface area contributed by atoms with Crippen LogP contribution in [0.1, 0.15) is 25.7 Å². The topological polar surface area (TPSA) is 148 Å². The lowest BCUT2D eigenvalue weighted by atomic mass is 9.82. The minimum atomic E-state index is -0.816. The summed E-state index contributed by atoms with van der Waals surface area (Å²) in [4.78, 5) is 48.1. The van der Waals surface area contributed by atoms with E-state index in [1.54, 1.807) is 24.3 Å². The first kappa shape index (κ1) is 35.5. The zero-order valence-corrected chi connectivity index (χ0v) is 25.8. The highest BCUT2D eigenvalue weighted by molar-refractivity contribution is 5.81. The van der Waals surface area contributed by atoms with Crippen molar-refractivity contribution in [3.05, 3.63) is 86.0 Å². The van der Waals surface area contributed by atoms with Gasteiger partial charge in [0, 0.05) is 25.2 Å². The Bertz CT molecular complexity index is 1150. The number of ether oxygens (including phenoxy) is 6. The average molecular weight is 639 g/mol. The normalized spacial score (nSPS) is 16.8. The number of benzene rings is 2. The lowest BCUT2D eigenvalue weighted by molar-refractivity contribution is -0.142. The molecule has 0 radical (unpaired) electrons. The molecule has 1 aliphatic carbocycles. The van der Waals surface area contributed by atoms with Gasteiger partial charge in [-0.3, -0.25) is 0 Å². The minimum absolute atomic E-state index is 0.00314. The highest BCUT2D eigenvalue weighted by Gasteiger charge is 2.24. The van der Waals surface area contributed by atoms with Crippen molar-refractivity contribution in [2.45, 2.75) is 37.9 Å². The number of carbonyl (C=O) groups is 4. The zero-order valence-electron chi connectivity index (χ0n) is 25.8. The summed E-state index contributed by atoms with van der Waals surface area (Å²) in [6, 6.07) is 18.0. The third-order valence-electron chi connectivity index (χ3n) is 7.10. The Kier molecular flexibility index (Phi) is 15.5.